The van der Waals surface area contributed by atoms with Crippen molar-refractivity contribution in [1.82, 2.24) is 20.2 Å². The van der Waals surface area contributed by atoms with Gasteiger partial charge in [0, 0.05) is 19.2 Å². The summed E-state index contributed by atoms with van der Waals surface area (Å²) in [6.45, 7) is 2.40. The quantitative estimate of drug-likeness (QED) is 0.688. The highest BCUT2D eigenvalue weighted by atomic mass is 16.1. The molecule has 0 fully saturated rings. The summed E-state index contributed by atoms with van der Waals surface area (Å²) in [6.07, 6.45) is 3.23. The summed E-state index contributed by atoms with van der Waals surface area (Å²) in [7, 11) is 4.09. The first kappa shape index (κ1) is 17.9. The number of anilines is 1. The zero-order valence-corrected chi connectivity index (χ0v) is 14.3. The first-order valence-electron chi connectivity index (χ1n) is 8.18. The van der Waals surface area contributed by atoms with Gasteiger partial charge in [-0.2, -0.15) is 0 Å². The third-order valence-electron chi connectivity index (χ3n) is 3.53. The fraction of sp³-hybridized carbons (Fsp3) is 0.389. The normalized spacial score (nSPS) is 10.6. The van der Waals surface area contributed by atoms with Crippen molar-refractivity contribution in [3.8, 4) is 0 Å². The van der Waals surface area contributed by atoms with Gasteiger partial charge in [0.25, 0.3) is 5.91 Å². The summed E-state index contributed by atoms with van der Waals surface area (Å²) in [5.74, 6) is 0.502. The highest BCUT2D eigenvalue weighted by Gasteiger charge is 2.08. The Labute approximate surface area is 143 Å². The number of aromatic nitrogens is 2. The standard InChI is InChI=1S/C18H25N5O/c1-23(2)12-6-10-19-17-13-16(21-14-22-17)18(24)20-11-9-15-7-4-3-5-8-15/h3-5,7-8,13-14H,6,9-12H2,1-2H3,(H,20,24)(H,19,21,22). The molecule has 0 atom stereocenters. The molecule has 0 aliphatic carbocycles. The van der Waals surface area contributed by atoms with Gasteiger partial charge in [0.15, 0.2) is 0 Å². The van der Waals surface area contributed by atoms with E-state index in [4.69, 9.17) is 0 Å². The van der Waals surface area contributed by atoms with Gasteiger partial charge in [-0.15, -0.1) is 0 Å². The van der Waals surface area contributed by atoms with E-state index in [2.05, 4.69) is 25.5 Å². The molecule has 1 heterocycles. The Kier molecular flexibility index (Phi) is 7.17. The first-order chi connectivity index (χ1) is 11.6. The summed E-state index contributed by atoms with van der Waals surface area (Å²) in [6, 6.07) is 11.8. The van der Waals surface area contributed by atoms with Gasteiger partial charge in [0.05, 0.1) is 0 Å². The third-order valence-corrected chi connectivity index (χ3v) is 3.53. The lowest BCUT2D eigenvalue weighted by Gasteiger charge is -2.10. The molecular weight excluding hydrogens is 302 g/mol. The number of rotatable bonds is 9. The van der Waals surface area contributed by atoms with Crippen molar-refractivity contribution in [1.29, 1.82) is 0 Å². The number of hydrogen-bond donors (Lipinski definition) is 2. The van der Waals surface area contributed by atoms with Gasteiger partial charge in [-0.25, -0.2) is 9.97 Å². The minimum Gasteiger partial charge on any atom is -0.370 e. The smallest absolute Gasteiger partial charge is 0.270 e. The number of nitrogens with one attached hydrogen (secondary N) is 2. The number of hydrogen-bond acceptors (Lipinski definition) is 5. The summed E-state index contributed by atoms with van der Waals surface area (Å²) in [5, 5.41) is 6.11. The predicted molar refractivity (Wildman–Crippen MR) is 96.2 cm³/mol. The molecule has 0 saturated carbocycles. The Morgan fingerprint density at radius 2 is 1.92 bits per heavy atom. The second-order valence-corrected chi connectivity index (χ2v) is 5.86. The van der Waals surface area contributed by atoms with Gasteiger partial charge in [-0.3, -0.25) is 4.79 Å². The van der Waals surface area contributed by atoms with Crippen LogP contribution in [0.5, 0.6) is 0 Å². The van der Waals surface area contributed by atoms with Crippen LogP contribution in [0.2, 0.25) is 0 Å². The van der Waals surface area contributed by atoms with Crippen LogP contribution in [-0.2, 0) is 6.42 Å². The Balaban J connectivity index is 1.78. The van der Waals surface area contributed by atoms with Crippen molar-refractivity contribution in [3.63, 3.8) is 0 Å². The van der Waals surface area contributed by atoms with Crippen molar-refractivity contribution < 1.29 is 4.79 Å². The molecule has 128 valence electrons. The summed E-state index contributed by atoms with van der Waals surface area (Å²) < 4.78 is 0. The van der Waals surface area contributed by atoms with E-state index in [0.717, 1.165) is 25.9 Å². The van der Waals surface area contributed by atoms with E-state index in [0.29, 0.717) is 18.1 Å². The van der Waals surface area contributed by atoms with Crippen LogP contribution in [0.1, 0.15) is 22.5 Å². The molecule has 0 spiro atoms. The zero-order chi connectivity index (χ0) is 17.2. The Hall–Kier alpha value is -2.47. The fourth-order valence-electron chi connectivity index (χ4n) is 2.25. The zero-order valence-electron chi connectivity index (χ0n) is 14.3. The Morgan fingerprint density at radius 3 is 2.67 bits per heavy atom. The van der Waals surface area contributed by atoms with E-state index in [9.17, 15) is 4.79 Å². The average Bonchev–Trinajstić information content (AvgIpc) is 2.60. The number of benzene rings is 1. The number of nitrogens with zero attached hydrogens (tertiary/aromatic N) is 3. The highest BCUT2D eigenvalue weighted by Crippen LogP contribution is 2.04. The molecule has 6 heteroatoms. The van der Waals surface area contributed by atoms with E-state index in [-0.39, 0.29) is 5.91 Å². The molecule has 0 aliphatic heterocycles. The van der Waals surface area contributed by atoms with Crippen LogP contribution in [0.25, 0.3) is 0 Å². The molecule has 0 aliphatic rings. The van der Waals surface area contributed by atoms with Crippen molar-refractivity contribution in [2.24, 2.45) is 0 Å². The van der Waals surface area contributed by atoms with Gasteiger partial charge in [-0.1, -0.05) is 30.3 Å². The van der Waals surface area contributed by atoms with Crippen LogP contribution >= 0.6 is 0 Å². The molecule has 2 aromatic rings. The molecule has 0 bridgehead atoms. The molecule has 1 amide bonds. The number of carbonyl (C=O) groups is 1. The third kappa shape index (κ3) is 6.34. The van der Waals surface area contributed by atoms with Crippen LogP contribution < -0.4 is 10.6 Å². The Bertz CT molecular complexity index is 630. The summed E-state index contributed by atoms with van der Waals surface area (Å²) in [4.78, 5) is 22.5. The van der Waals surface area contributed by atoms with E-state index < -0.39 is 0 Å². The topological polar surface area (TPSA) is 70.2 Å². The number of carbonyl (C=O) groups excluding carboxylic acids is 1. The largest absolute Gasteiger partial charge is 0.370 e. The van der Waals surface area contributed by atoms with Gasteiger partial charge < -0.3 is 15.5 Å². The first-order valence-corrected chi connectivity index (χ1v) is 8.18. The predicted octanol–water partition coefficient (Wildman–Crippen LogP) is 1.81. The fourth-order valence-corrected chi connectivity index (χ4v) is 2.25. The molecular formula is C18H25N5O. The number of amides is 1. The summed E-state index contributed by atoms with van der Waals surface area (Å²) >= 11 is 0. The lowest BCUT2D eigenvalue weighted by atomic mass is 10.1. The SMILES string of the molecule is CN(C)CCCNc1cc(C(=O)NCCc2ccccc2)ncn1. The second-order valence-electron chi connectivity index (χ2n) is 5.86. The maximum Gasteiger partial charge on any atom is 0.270 e. The molecule has 1 aromatic heterocycles. The van der Waals surface area contributed by atoms with Crippen LogP contribution in [0.3, 0.4) is 0 Å². The van der Waals surface area contributed by atoms with Crippen LogP contribution in [-0.4, -0.2) is 54.5 Å². The van der Waals surface area contributed by atoms with E-state index in [1.807, 2.05) is 44.4 Å². The van der Waals surface area contributed by atoms with Gasteiger partial charge >= 0.3 is 0 Å². The molecule has 0 saturated heterocycles. The minimum absolute atomic E-state index is 0.176. The van der Waals surface area contributed by atoms with Gasteiger partial charge in [-0.05, 0) is 39.0 Å². The van der Waals surface area contributed by atoms with Crippen molar-refractivity contribution in [2.45, 2.75) is 12.8 Å². The van der Waals surface area contributed by atoms with E-state index in [1.54, 1.807) is 6.07 Å². The van der Waals surface area contributed by atoms with Crippen molar-refractivity contribution >= 4 is 11.7 Å². The molecule has 0 radical (unpaired) electrons. The molecule has 6 nitrogen and oxygen atoms in total. The van der Waals surface area contributed by atoms with E-state index >= 15 is 0 Å². The van der Waals surface area contributed by atoms with E-state index in [1.165, 1.54) is 11.9 Å². The lowest BCUT2D eigenvalue weighted by molar-refractivity contribution is 0.0949. The highest BCUT2D eigenvalue weighted by molar-refractivity contribution is 5.92. The average molecular weight is 327 g/mol. The molecule has 2 N–H and O–H groups in total. The maximum absolute atomic E-state index is 12.2. The Morgan fingerprint density at radius 1 is 1.12 bits per heavy atom. The minimum atomic E-state index is -0.176. The van der Waals surface area contributed by atoms with Gasteiger partial charge in [0.2, 0.25) is 0 Å². The van der Waals surface area contributed by atoms with Crippen LogP contribution in [0.15, 0.2) is 42.7 Å². The maximum atomic E-state index is 12.2. The van der Waals surface area contributed by atoms with Crippen molar-refractivity contribution in [2.75, 3.05) is 39.0 Å². The molecule has 2 rings (SSSR count). The molecule has 1 aromatic carbocycles. The summed E-state index contributed by atoms with van der Waals surface area (Å²) in [5.41, 5.74) is 1.58. The lowest BCUT2D eigenvalue weighted by Crippen LogP contribution is -2.26. The van der Waals surface area contributed by atoms with Crippen LogP contribution in [0, 0.1) is 0 Å². The second kappa shape index (κ2) is 9.62. The van der Waals surface area contributed by atoms with Crippen molar-refractivity contribution in [3.05, 3.63) is 54.0 Å². The molecule has 24 heavy (non-hydrogen) atoms. The van der Waals surface area contributed by atoms with Gasteiger partial charge in [0.1, 0.15) is 17.8 Å². The molecule has 0 unspecified atom stereocenters. The monoisotopic (exact) mass is 327 g/mol. The van der Waals surface area contributed by atoms with Crippen LogP contribution in [0.4, 0.5) is 5.82 Å².